The number of pyridine rings is 1. The summed E-state index contributed by atoms with van der Waals surface area (Å²) < 4.78 is 11.4. The Morgan fingerprint density at radius 3 is 2.81 bits per heavy atom. The second-order valence-electron chi connectivity index (χ2n) is 6.65. The summed E-state index contributed by atoms with van der Waals surface area (Å²) in [7, 11) is 1.66. The largest absolute Gasteiger partial charge is 0.493 e. The van der Waals surface area contributed by atoms with Crippen LogP contribution in [0.5, 0.6) is 11.5 Å². The van der Waals surface area contributed by atoms with Gasteiger partial charge >= 0.3 is 0 Å². The molecular weight excluding hydrogens is 340 g/mol. The van der Waals surface area contributed by atoms with Crippen LogP contribution < -0.4 is 14.8 Å². The molecule has 0 radical (unpaired) electrons. The number of anilines is 1. The van der Waals surface area contributed by atoms with Crippen LogP contribution in [-0.4, -0.2) is 34.7 Å². The Hall–Kier alpha value is -3.15. The lowest BCUT2D eigenvalue weighted by atomic mass is 10.0. The van der Waals surface area contributed by atoms with Crippen molar-refractivity contribution in [3.63, 3.8) is 0 Å². The summed E-state index contributed by atoms with van der Waals surface area (Å²) >= 11 is 0. The van der Waals surface area contributed by atoms with E-state index in [4.69, 9.17) is 14.5 Å². The van der Waals surface area contributed by atoms with Crippen molar-refractivity contribution in [1.82, 2.24) is 15.0 Å². The Labute approximate surface area is 158 Å². The number of hydrogen-bond acceptors (Lipinski definition) is 6. The van der Waals surface area contributed by atoms with Gasteiger partial charge < -0.3 is 14.8 Å². The third-order valence-corrected chi connectivity index (χ3v) is 4.83. The van der Waals surface area contributed by atoms with Crippen molar-refractivity contribution in [2.75, 3.05) is 19.0 Å². The zero-order chi connectivity index (χ0) is 18.8. The number of hydrogen-bond donors (Lipinski definition) is 1. The lowest BCUT2D eigenvalue weighted by molar-refractivity contribution is 0.256. The summed E-state index contributed by atoms with van der Waals surface area (Å²) in [6.45, 7) is 4.59. The number of nitrogens with zero attached hydrogens (tertiary/aromatic N) is 3. The molecule has 0 bridgehead atoms. The zero-order valence-corrected chi connectivity index (χ0v) is 15.7. The summed E-state index contributed by atoms with van der Waals surface area (Å²) in [5, 5.41) is 3.54. The van der Waals surface area contributed by atoms with E-state index in [2.05, 4.69) is 21.4 Å². The van der Waals surface area contributed by atoms with Crippen molar-refractivity contribution >= 4 is 5.82 Å². The summed E-state index contributed by atoms with van der Waals surface area (Å²) in [5.41, 5.74) is 4.02. The average Bonchev–Trinajstić information content (AvgIpc) is 2.71. The van der Waals surface area contributed by atoms with Crippen LogP contribution in [-0.2, 0) is 6.42 Å². The maximum atomic E-state index is 5.97. The maximum absolute atomic E-state index is 5.97. The van der Waals surface area contributed by atoms with Crippen molar-refractivity contribution in [3.05, 3.63) is 59.5 Å². The van der Waals surface area contributed by atoms with Gasteiger partial charge in [-0.25, -0.2) is 9.97 Å². The number of ether oxygens (including phenoxy) is 2. The molecule has 1 N–H and O–H groups in total. The first-order valence-corrected chi connectivity index (χ1v) is 8.96. The molecule has 3 heterocycles. The predicted molar refractivity (Wildman–Crippen MR) is 104 cm³/mol. The van der Waals surface area contributed by atoms with Gasteiger partial charge in [-0.1, -0.05) is 12.1 Å². The van der Waals surface area contributed by atoms with Crippen molar-refractivity contribution in [1.29, 1.82) is 0 Å². The number of methoxy groups -OCH3 is 1. The van der Waals surface area contributed by atoms with Crippen LogP contribution in [0.1, 0.15) is 16.8 Å². The fourth-order valence-electron chi connectivity index (χ4n) is 3.23. The number of nitrogens with one attached hydrogen (secondary N) is 1. The molecule has 2 aromatic heterocycles. The van der Waals surface area contributed by atoms with E-state index in [-0.39, 0.29) is 6.04 Å². The van der Waals surface area contributed by atoms with Crippen LogP contribution in [0.25, 0.3) is 11.4 Å². The number of aromatic nitrogens is 3. The van der Waals surface area contributed by atoms with E-state index in [0.29, 0.717) is 12.4 Å². The fourth-order valence-corrected chi connectivity index (χ4v) is 3.23. The highest BCUT2D eigenvalue weighted by Crippen LogP contribution is 2.35. The maximum Gasteiger partial charge on any atom is 0.164 e. The second kappa shape index (κ2) is 7.23. The van der Waals surface area contributed by atoms with E-state index in [0.717, 1.165) is 46.1 Å². The van der Waals surface area contributed by atoms with Gasteiger partial charge in [-0.3, -0.25) is 4.98 Å². The molecule has 0 aliphatic carbocycles. The second-order valence-corrected chi connectivity index (χ2v) is 6.65. The Bertz CT molecular complexity index is 960. The first kappa shape index (κ1) is 17.3. The van der Waals surface area contributed by atoms with E-state index in [1.165, 1.54) is 0 Å². The Balaban J connectivity index is 1.60. The molecule has 6 heteroatoms. The molecule has 1 aliphatic rings. The van der Waals surface area contributed by atoms with Gasteiger partial charge in [0.2, 0.25) is 0 Å². The Morgan fingerprint density at radius 1 is 1.15 bits per heavy atom. The van der Waals surface area contributed by atoms with E-state index >= 15 is 0 Å². The molecule has 1 unspecified atom stereocenters. The fraction of sp³-hybridized carbons (Fsp3) is 0.286. The summed E-state index contributed by atoms with van der Waals surface area (Å²) in [6, 6.07) is 9.96. The lowest BCUT2D eigenvalue weighted by Crippen LogP contribution is -2.34. The summed E-state index contributed by atoms with van der Waals surface area (Å²) in [5.74, 6) is 3.12. The third-order valence-electron chi connectivity index (χ3n) is 4.83. The molecule has 0 fully saturated rings. The van der Waals surface area contributed by atoms with E-state index in [1.807, 2.05) is 38.1 Å². The monoisotopic (exact) mass is 362 g/mol. The van der Waals surface area contributed by atoms with Crippen LogP contribution in [0.3, 0.4) is 0 Å². The normalized spacial score (nSPS) is 15.6. The number of aryl methyl sites for hydroxylation is 1. The highest BCUT2D eigenvalue weighted by atomic mass is 16.5. The van der Waals surface area contributed by atoms with Gasteiger partial charge in [0.05, 0.1) is 13.2 Å². The minimum atomic E-state index is 0.124. The third kappa shape index (κ3) is 3.43. The lowest BCUT2D eigenvalue weighted by Gasteiger charge is -2.28. The molecule has 6 nitrogen and oxygen atoms in total. The molecule has 4 rings (SSSR count). The van der Waals surface area contributed by atoms with Crippen LogP contribution in [0.4, 0.5) is 5.82 Å². The predicted octanol–water partition coefficient (Wildman–Crippen LogP) is 3.58. The SMILES string of the molecule is COc1cccc2c1OCC(Nc1nc(-c3cccnc3)nc(C)c1C)C2. The topological polar surface area (TPSA) is 69.2 Å². The molecule has 1 atom stereocenters. The van der Waals surface area contributed by atoms with Crippen LogP contribution in [0, 0.1) is 13.8 Å². The van der Waals surface area contributed by atoms with Gasteiger partial charge in [-0.2, -0.15) is 0 Å². The standard InChI is InChI=1S/C21H22N4O2/c1-13-14(2)23-21(16-7-5-9-22-11-16)25-20(13)24-17-10-15-6-4-8-18(26-3)19(15)27-12-17/h4-9,11,17H,10,12H2,1-3H3,(H,23,24,25). The van der Waals surface area contributed by atoms with Gasteiger partial charge in [0.1, 0.15) is 12.4 Å². The smallest absolute Gasteiger partial charge is 0.164 e. The summed E-state index contributed by atoms with van der Waals surface area (Å²) in [4.78, 5) is 13.5. The van der Waals surface area contributed by atoms with E-state index < -0.39 is 0 Å². The molecule has 3 aromatic rings. The average molecular weight is 362 g/mol. The number of rotatable bonds is 4. The molecule has 0 spiro atoms. The molecular formula is C21H22N4O2. The molecule has 0 amide bonds. The quantitative estimate of drug-likeness (QED) is 0.765. The van der Waals surface area contributed by atoms with Crippen molar-refractivity contribution in [2.24, 2.45) is 0 Å². The van der Waals surface area contributed by atoms with Gasteiger partial charge in [-0.05, 0) is 38.5 Å². The van der Waals surface area contributed by atoms with E-state index in [1.54, 1.807) is 19.5 Å². The minimum Gasteiger partial charge on any atom is -0.493 e. The Kier molecular flexibility index (Phi) is 4.62. The summed E-state index contributed by atoms with van der Waals surface area (Å²) in [6.07, 6.45) is 4.37. The first-order valence-electron chi connectivity index (χ1n) is 8.96. The number of para-hydroxylation sites is 1. The van der Waals surface area contributed by atoms with Gasteiger partial charge in [-0.15, -0.1) is 0 Å². The molecule has 0 saturated heterocycles. The van der Waals surface area contributed by atoms with Crippen LogP contribution in [0.2, 0.25) is 0 Å². The molecule has 27 heavy (non-hydrogen) atoms. The highest BCUT2D eigenvalue weighted by Gasteiger charge is 2.24. The molecule has 0 saturated carbocycles. The number of fused-ring (bicyclic) bond motifs is 1. The van der Waals surface area contributed by atoms with Crippen molar-refractivity contribution in [3.8, 4) is 22.9 Å². The molecule has 1 aliphatic heterocycles. The van der Waals surface area contributed by atoms with Crippen molar-refractivity contribution < 1.29 is 9.47 Å². The molecule has 138 valence electrons. The van der Waals surface area contributed by atoms with Crippen LogP contribution in [0.15, 0.2) is 42.7 Å². The van der Waals surface area contributed by atoms with Crippen LogP contribution >= 0.6 is 0 Å². The highest BCUT2D eigenvalue weighted by molar-refractivity contribution is 5.59. The van der Waals surface area contributed by atoms with Gasteiger partial charge in [0.15, 0.2) is 17.3 Å². The first-order chi connectivity index (χ1) is 13.2. The zero-order valence-electron chi connectivity index (χ0n) is 15.7. The Morgan fingerprint density at radius 2 is 2.04 bits per heavy atom. The van der Waals surface area contributed by atoms with Gasteiger partial charge in [0, 0.05) is 34.8 Å². The van der Waals surface area contributed by atoms with E-state index in [9.17, 15) is 0 Å². The van der Waals surface area contributed by atoms with Crippen molar-refractivity contribution in [2.45, 2.75) is 26.3 Å². The number of benzene rings is 1. The van der Waals surface area contributed by atoms with Gasteiger partial charge in [0.25, 0.3) is 0 Å². The minimum absolute atomic E-state index is 0.124. The molecule has 1 aromatic carbocycles.